The average molecular weight is 342 g/mol. The van der Waals surface area contributed by atoms with Gasteiger partial charge in [-0.2, -0.15) is 0 Å². The van der Waals surface area contributed by atoms with E-state index < -0.39 is 22.6 Å². The van der Waals surface area contributed by atoms with Crippen molar-refractivity contribution in [1.29, 1.82) is 0 Å². The van der Waals surface area contributed by atoms with Crippen molar-refractivity contribution in [2.45, 2.75) is 19.9 Å². The van der Waals surface area contributed by atoms with Gasteiger partial charge in [-0.05, 0) is 66.0 Å². The highest BCUT2D eigenvalue weighted by molar-refractivity contribution is 7.94. The van der Waals surface area contributed by atoms with E-state index in [0.717, 1.165) is 11.1 Å². The summed E-state index contributed by atoms with van der Waals surface area (Å²) < 4.78 is 11.3. The Morgan fingerprint density at radius 1 is 1.25 bits per heavy atom. The van der Waals surface area contributed by atoms with Crippen LogP contribution in [0.25, 0.3) is 11.3 Å². The van der Waals surface area contributed by atoms with Gasteiger partial charge in [-0.3, -0.25) is 9.59 Å². The lowest BCUT2D eigenvalue weighted by atomic mass is 10.0. The fourth-order valence-electron chi connectivity index (χ4n) is 2.54. The van der Waals surface area contributed by atoms with Gasteiger partial charge in [0.05, 0.1) is 6.04 Å². The van der Waals surface area contributed by atoms with Crippen LogP contribution in [-0.4, -0.2) is 27.2 Å². The SMILES string of the molecule is Cc1ccc(-c2ccc(C(=O)N[C@@H]3C=C[S+]([O-])C3)c(=O)[nH]2)cc1C. The molecule has 1 amide bonds. The molecule has 1 aromatic carbocycles. The van der Waals surface area contributed by atoms with Crippen molar-refractivity contribution < 1.29 is 9.35 Å². The summed E-state index contributed by atoms with van der Waals surface area (Å²) in [4.78, 5) is 27.2. The predicted molar refractivity (Wildman–Crippen MR) is 95.4 cm³/mol. The molecule has 2 N–H and O–H groups in total. The van der Waals surface area contributed by atoms with Crippen molar-refractivity contribution in [2.75, 3.05) is 5.75 Å². The molecule has 2 atom stereocenters. The standard InChI is InChI=1S/C18H18N2O3S/c1-11-3-4-13(9-12(11)2)16-6-5-15(18(22)20-16)17(21)19-14-7-8-24(23)10-14/h3-9,14H,10H2,1-2H3,(H,19,21)(H,20,22)/t14-,24?/m1/s1. The van der Waals surface area contributed by atoms with Crippen molar-refractivity contribution in [1.82, 2.24) is 10.3 Å². The van der Waals surface area contributed by atoms with Crippen molar-refractivity contribution in [3.63, 3.8) is 0 Å². The maximum Gasteiger partial charge on any atom is 0.261 e. The van der Waals surface area contributed by atoms with E-state index in [1.54, 1.807) is 17.6 Å². The van der Waals surface area contributed by atoms with Crippen LogP contribution < -0.4 is 10.9 Å². The highest BCUT2D eigenvalue weighted by atomic mass is 32.2. The van der Waals surface area contributed by atoms with Crippen LogP contribution in [0.1, 0.15) is 21.5 Å². The molecule has 24 heavy (non-hydrogen) atoms. The third-order valence-electron chi connectivity index (χ3n) is 4.10. The lowest BCUT2D eigenvalue weighted by molar-refractivity contribution is 0.0946. The van der Waals surface area contributed by atoms with E-state index >= 15 is 0 Å². The summed E-state index contributed by atoms with van der Waals surface area (Å²) in [5.41, 5.74) is 3.49. The maximum atomic E-state index is 12.3. The van der Waals surface area contributed by atoms with Gasteiger partial charge in [-0.25, -0.2) is 0 Å². The summed E-state index contributed by atoms with van der Waals surface area (Å²) in [6.07, 6.45) is 1.69. The second-order valence-corrected chi connectivity index (χ2v) is 7.24. The van der Waals surface area contributed by atoms with E-state index in [1.165, 1.54) is 11.6 Å². The summed E-state index contributed by atoms with van der Waals surface area (Å²) in [5, 5.41) is 4.26. The molecular weight excluding hydrogens is 324 g/mol. The third-order valence-corrected chi connectivity index (χ3v) is 5.24. The van der Waals surface area contributed by atoms with E-state index in [0.29, 0.717) is 11.4 Å². The van der Waals surface area contributed by atoms with Crippen molar-refractivity contribution in [3.8, 4) is 11.3 Å². The second kappa shape index (κ2) is 6.67. The van der Waals surface area contributed by atoms with Crippen LogP contribution >= 0.6 is 0 Å². The number of rotatable bonds is 3. The molecule has 0 aliphatic carbocycles. The van der Waals surface area contributed by atoms with E-state index in [-0.39, 0.29) is 11.6 Å². The Labute approximate surface area is 143 Å². The zero-order chi connectivity index (χ0) is 17.3. The Balaban J connectivity index is 1.82. The van der Waals surface area contributed by atoms with Crippen molar-refractivity contribution in [2.24, 2.45) is 0 Å². The number of benzene rings is 1. The van der Waals surface area contributed by atoms with Gasteiger partial charge >= 0.3 is 0 Å². The number of H-pyrrole nitrogens is 1. The van der Waals surface area contributed by atoms with Crippen LogP contribution in [0, 0.1) is 13.8 Å². The summed E-state index contributed by atoms with van der Waals surface area (Å²) in [6.45, 7) is 4.04. The number of amides is 1. The van der Waals surface area contributed by atoms with E-state index in [2.05, 4.69) is 10.3 Å². The van der Waals surface area contributed by atoms with Gasteiger partial charge in [0, 0.05) is 5.69 Å². The van der Waals surface area contributed by atoms with Gasteiger partial charge in [0.2, 0.25) is 0 Å². The molecule has 1 unspecified atom stereocenters. The lowest BCUT2D eigenvalue weighted by Crippen LogP contribution is -2.38. The topological polar surface area (TPSA) is 85.0 Å². The summed E-state index contributed by atoms with van der Waals surface area (Å²) in [5.74, 6) is -0.110. The molecule has 5 nitrogen and oxygen atoms in total. The molecule has 3 rings (SSSR count). The zero-order valence-electron chi connectivity index (χ0n) is 13.5. The molecule has 0 spiro atoms. The normalized spacial score (nSPS) is 19.5. The number of hydrogen-bond donors (Lipinski definition) is 2. The molecule has 124 valence electrons. The Hall–Kier alpha value is -2.31. The number of hydrogen-bond acceptors (Lipinski definition) is 3. The first kappa shape index (κ1) is 16.5. The second-order valence-electron chi connectivity index (χ2n) is 5.87. The lowest BCUT2D eigenvalue weighted by Gasteiger charge is -2.10. The minimum Gasteiger partial charge on any atom is -0.612 e. The van der Waals surface area contributed by atoms with Gasteiger partial charge in [0.15, 0.2) is 0 Å². The van der Waals surface area contributed by atoms with E-state index in [9.17, 15) is 14.1 Å². The Morgan fingerprint density at radius 3 is 2.67 bits per heavy atom. The number of carbonyl (C=O) groups is 1. The number of aryl methyl sites for hydroxylation is 2. The maximum absolute atomic E-state index is 12.3. The van der Waals surface area contributed by atoms with Gasteiger partial charge in [-0.15, -0.1) is 0 Å². The summed E-state index contributed by atoms with van der Waals surface area (Å²) >= 11 is -1.05. The fourth-order valence-corrected chi connectivity index (χ4v) is 3.56. The Kier molecular flexibility index (Phi) is 4.59. The molecule has 0 bridgehead atoms. The summed E-state index contributed by atoms with van der Waals surface area (Å²) in [6, 6.07) is 8.88. The molecule has 0 radical (unpaired) electrons. The van der Waals surface area contributed by atoms with Gasteiger partial charge in [0.25, 0.3) is 11.5 Å². The van der Waals surface area contributed by atoms with Crippen molar-refractivity contribution >= 4 is 17.1 Å². The molecule has 0 saturated heterocycles. The molecule has 2 aromatic rings. The van der Waals surface area contributed by atoms with Crippen LogP contribution in [0.2, 0.25) is 0 Å². The van der Waals surface area contributed by atoms with Crippen molar-refractivity contribution in [3.05, 3.63) is 68.9 Å². The van der Waals surface area contributed by atoms with E-state index in [1.807, 2.05) is 32.0 Å². The number of aromatic amines is 1. The molecule has 0 saturated carbocycles. The highest BCUT2D eigenvalue weighted by Crippen LogP contribution is 2.19. The molecule has 1 aliphatic rings. The van der Waals surface area contributed by atoms with Crippen LogP contribution in [0.15, 0.2) is 46.6 Å². The van der Waals surface area contributed by atoms with Crippen LogP contribution in [0.4, 0.5) is 0 Å². The molecule has 1 aromatic heterocycles. The van der Waals surface area contributed by atoms with Gasteiger partial charge in [-0.1, -0.05) is 12.1 Å². The largest absolute Gasteiger partial charge is 0.612 e. The molecule has 2 heterocycles. The van der Waals surface area contributed by atoms with Crippen LogP contribution in [0.5, 0.6) is 0 Å². The monoisotopic (exact) mass is 342 g/mol. The fraction of sp³-hybridized carbons (Fsp3) is 0.222. The van der Waals surface area contributed by atoms with Crippen LogP contribution in [0.3, 0.4) is 0 Å². The predicted octanol–water partition coefficient (Wildman–Crippen LogP) is 2.03. The summed E-state index contributed by atoms with van der Waals surface area (Å²) in [7, 11) is 0. The first-order valence-electron chi connectivity index (χ1n) is 7.61. The number of pyridine rings is 1. The van der Waals surface area contributed by atoms with Crippen LogP contribution in [-0.2, 0) is 11.2 Å². The Bertz CT molecular complexity index is 873. The number of aromatic nitrogens is 1. The quantitative estimate of drug-likeness (QED) is 0.837. The molecule has 1 aliphatic heterocycles. The number of nitrogens with one attached hydrogen (secondary N) is 2. The smallest absolute Gasteiger partial charge is 0.261 e. The number of carbonyl (C=O) groups excluding carboxylic acids is 1. The Morgan fingerprint density at radius 2 is 2.04 bits per heavy atom. The third kappa shape index (κ3) is 3.44. The highest BCUT2D eigenvalue weighted by Gasteiger charge is 2.23. The van der Waals surface area contributed by atoms with Gasteiger partial charge < -0.3 is 14.9 Å². The molecular formula is C18H18N2O3S. The first-order chi connectivity index (χ1) is 11.4. The zero-order valence-corrected chi connectivity index (χ0v) is 14.3. The molecule has 6 heteroatoms. The van der Waals surface area contributed by atoms with E-state index in [4.69, 9.17) is 0 Å². The molecule has 0 fully saturated rings. The first-order valence-corrected chi connectivity index (χ1v) is 8.99. The minimum atomic E-state index is -1.05. The minimum absolute atomic E-state index is 0.0497. The van der Waals surface area contributed by atoms with Gasteiger partial charge in [0.1, 0.15) is 16.7 Å². The average Bonchev–Trinajstić information content (AvgIpc) is 2.94.